The molecule has 0 spiro atoms. The van der Waals surface area contributed by atoms with Gasteiger partial charge >= 0.3 is 5.97 Å². The molecule has 0 aromatic heterocycles. The maximum atomic E-state index is 11.4. The van der Waals surface area contributed by atoms with Crippen LogP contribution in [0.4, 0.5) is 0 Å². The van der Waals surface area contributed by atoms with Gasteiger partial charge in [-0.2, -0.15) is 0 Å². The van der Waals surface area contributed by atoms with Crippen LogP contribution in [0.25, 0.3) is 0 Å². The van der Waals surface area contributed by atoms with Crippen molar-refractivity contribution in [2.24, 2.45) is 0 Å². The van der Waals surface area contributed by atoms with Crippen LogP contribution in [0.1, 0.15) is 5.56 Å². The lowest BCUT2D eigenvalue weighted by molar-refractivity contribution is -0.142. The Kier molecular flexibility index (Phi) is 8.49. The van der Waals surface area contributed by atoms with Crippen molar-refractivity contribution >= 4 is 96.3 Å². The largest absolute Gasteiger partial charge is 0.506 e. The van der Waals surface area contributed by atoms with E-state index in [1.165, 1.54) is 0 Å². The van der Waals surface area contributed by atoms with Crippen LogP contribution in [0.2, 0.25) is 0 Å². The minimum atomic E-state index is -0.839. The molecule has 140 valence electrons. The van der Waals surface area contributed by atoms with Gasteiger partial charge in [0.05, 0.1) is 14.3 Å². The van der Waals surface area contributed by atoms with Gasteiger partial charge in [0, 0.05) is 0 Å². The van der Waals surface area contributed by atoms with Crippen molar-refractivity contribution in [1.82, 2.24) is 4.90 Å². The number of carboxylic acid groups (broad SMARTS) is 1. The number of halogens is 4. The summed E-state index contributed by atoms with van der Waals surface area (Å²) < 4.78 is 9.31. The third-order valence-electron chi connectivity index (χ3n) is 3.61. The van der Waals surface area contributed by atoms with Crippen molar-refractivity contribution in [2.75, 3.05) is 14.1 Å². The predicted molar refractivity (Wildman–Crippen MR) is 134 cm³/mol. The van der Waals surface area contributed by atoms with Crippen LogP contribution in [0, 0.1) is 14.3 Å². The molecule has 0 bridgehead atoms. The molecule has 0 amide bonds. The molecule has 1 atom stereocenters. The Morgan fingerprint density at radius 1 is 1.04 bits per heavy atom. The summed E-state index contributed by atoms with van der Waals surface area (Å²) in [7, 11) is 3.53. The van der Waals surface area contributed by atoms with Crippen LogP contribution >= 0.6 is 90.4 Å². The number of hydrogen-bond acceptors (Lipinski definition) is 4. The average Bonchev–Trinajstić information content (AvgIpc) is 2.53. The highest BCUT2D eigenvalue weighted by Gasteiger charge is 2.21. The number of carboxylic acids is 1. The number of aliphatic carboxylic acids is 1. The highest BCUT2D eigenvalue weighted by Crippen LogP contribution is 2.37. The molecular weight excluding hydrogens is 790 g/mol. The van der Waals surface area contributed by atoms with Gasteiger partial charge in [0.1, 0.15) is 17.5 Å². The second-order valence-electron chi connectivity index (χ2n) is 5.75. The van der Waals surface area contributed by atoms with E-state index in [1.54, 1.807) is 31.1 Å². The summed E-state index contributed by atoms with van der Waals surface area (Å²) in [4.78, 5) is 13.1. The van der Waals surface area contributed by atoms with E-state index in [9.17, 15) is 15.0 Å². The van der Waals surface area contributed by atoms with Crippen LogP contribution in [-0.2, 0) is 11.2 Å². The maximum Gasteiger partial charge on any atom is 0.321 e. The number of rotatable bonds is 6. The Morgan fingerprint density at radius 3 is 1.96 bits per heavy atom. The first-order valence-corrected chi connectivity index (χ1v) is 11.6. The zero-order valence-corrected chi connectivity index (χ0v) is 22.4. The van der Waals surface area contributed by atoms with E-state index in [4.69, 9.17) is 4.74 Å². The van der Waals surface area contributed by atoms with Crippen LogP contribution in [0.5, 0.6) is 17.2 Å². The number of likely N-dealkylation sites (N-methyl/N-ethyl adjacent to an activating group) is 1. The molecule has 0 aliphatic rings. The predicted octanol–water partition coefficient (Wildman–Crippen LogP) is 5.16. The summed E-state index contributed by atoms with van der Waals surface area (Å²) in [6.45, 7) is 0. The molecule has 1 unspecified atom stereocenters. The number of ether oxygens (including phenoxy) is 1. The molecule has 0 saturated heterocycles. The van der Waals surface area contributed by atoms with E-state index < -0.39 is 12.0 Å². The van der Waals surface area contributed by atoms with Gasteiger partial charge in [-0.3, -0.25) is 9.69 Å². The zero-order chi connectivity index (χ0) is 19.6. The van der Waals surface area contributed by atoms with Crippen molar-refractivity contribution in [1.29, 1.82) is 0 Å². The molecule has 0 saturated carbocycles. The zero-order valence-electron chi connectivity index (χ0n) is 13.8. The third-order valence-corrected chi connectivity index (χ3v) is 6.85. The quantitative estimate of drug-likeness (QED) is 0.396. The number of hydrogen-bond donors (Lipinski definition) is 2. The van der Waals surface area contributed by atoms with Gasteiger partial charge < -0.3 is 14.9 Å². The first-order chi connectivity index (χ1) is 12.1. The van der Waals surface area contributed by atoms with Crippen molar-refractivity contribution in [3.8, 4) is 17.2 Å². The molecular formula is C17H15I4NO4. The molecule has 0 aliphatic heterocycles. The fraction of sp³-hybridized carbons (Fsp3) is 0.235. The van der Waals surface area contributed by atoms with Crippen LogP contribution in [0.15, 0.2) is 24.3 Å². The lowest BCUT2D eigenvalue weighted by Crippen LogP contribution is -2.37. The van der Waals surface area contributed by atoms with Crippen LogP contribution in [0.3, 0.4) is 0 Å². The average molecular weight is 805 g/mol. The number of aromatic hydroxyl groups is 1. The van der Waals surface area contributed by atoms with Gasteiger partial charge in [0.25, 0.3) is 0 Å². The molecule has 2 aromatic rings. The van der Waals surface area contributed by atoms with E-state index in [0.717, 1.165) is 25.6 Å². The Morgan fingerprint density at radius 2 is 1.54 bits per heavy atom. The molecule has 26 heavy (non-hydrogen) atoms. The molecule has 0 aliphatic carbocycles. The SMILES string of the molecule is CN(C)C(Cc1cc(I)c(Oc2cc(I)c(O)c(I)c2)c(I)c1)C(=O)O. The molecule has 2 N–H and O–H groups in total. The lowest BCUT2D eigenvalue weighted by atomic mass is 10.1. The molecule has 0 fully saturated rings. The fourth-order valence-corrected chi connectivity index (χ4v) is 6.09. The first-order valence-electron chi connectivity index (χ1n) is 7.33. The summed E-state index contributed by atoms with van der Waals surface area (Å²) in [6.07, 6.45) is 0.420. The van der Waals surface area contributed by atoms with Gasteiger partial charge in [-0.1, -0.05) is 0 Å². The van der Waals surface area contributed by atoms with E-state index in [2.05, 4.69) is 90.4 Å². The molecule has 2 aromatic carbocycles. The number of nitrogens with zero attached hydrogens (tertiary/aromatic N) is 1. The van der Waals surface area contributed by atoms with Crippen molar-refractivity contribution in [2.45, 2.75) is 12.5 Å². The fourth-order valence-electron chi connectivity index (χ4n) is 2.26. The summed E-state index contributed by atoms with van der Waals surface area (Å²) in [6, 6.07) is 6.89. The van der Waals surface area contributed by atoms with Gasteiger partial charge in [0.15, 0.2) is 5.75 Å². The van der Waals surface area contributed by atoms with Crippen molar-refractivity contribution in [3.63, 3.8) is 0 Å². The standard InChI is InChI=1S/C17H15I4NO4/c1-22(2)14(17(24)25)5-8-3-12(20)16(13(21)4-8)26-9-6-10(18)15(23)11(19)7-9/h3-4,6-7,14,23H,5H2,1-2H3,(H,24,25). The molecule has 0 radical (unpaired) electrons. The van der Waals surface area contributed by atoms with Crippen LogP contribution in [-0.4, -0.2) is 41.2 Å². The van der Waals surface area contributed by atoms with Gasteiger partial charge in [0.2, 0.25) is 0 Å². The first kappa shape index (κ1) is 22.7. The maximum absolute atomic E-state index is 11.4. The number of benzene rings is 2. The molecule has 0 heterocycles. The Balaban J connectivity index is 2.31. The minimum absolute atomic E-state index is 0.252. The van der Waals surface area contributed by atoms with E-state index in [0.29, 0.717) is 12.2 Å². The Labute approximate surface area is 206 Å². The topological polar surface area (TPSA) is 70.0 Å². The highest BCUT2D eigenvalue weighted by atomic mass is 127. The van der Waals surface area contributed by atoms with Gasteiger partial charge in [-0.25, -0.2) is 0 Å². The molecule has 9 heteroatoms. The third kappa shape index (κ3) is 5.70. The second kappa shape index (κ2) is 9.73. The molecule has 2 rings (SSSR count). The van der Waals surface area contributed by atoms with E-state index in [1.807, 2.05) is 12.1 Å². The number of phenolic OH excluding ortho intramolecular Hbond substituents is 1. The Hall–Kier alpha value is 0.390. The number of phenols is 1. The van der Waals surface area contributed by atoms with Crippen molar-refractivity contribution in [3.05, 3.63) is 44.1 Å². The number of carbonyl (C=O) groups is 1. The van der Waals surface area contributed by atoms with Crippen LogP contribution < -0.4 is 4.74 Å². The minimum Gasteiger partial charge on any atom is -0.506 e. The summed E-state index contributed by atoms with van der Waals surface area (Å²) in [5.74, 6) is 0.788. The summed E-state index contributed by atoms with van der Waals surface area (Å²) >= 11 is 8.53. The normalized spacial score (nSPS) is 12.3. The van der Waals surface area contributed by atoms with Gasteiger partial charge in [-0.15, -0.1) is 0 Å². The second-order valence-corrected chi connectivity index (χ2v) is 10.4. The van der Waals surface area contributed by atoms with Crippen molar-refractivity contribution < 1.29 is 19.7 Å². The van der Waals surface area contributed by atoms with E-state index >= 15 is 0 Å². The highest BCUT2D eigenvalue weighted by molar-refractivity contribution is 14.1. The smallest absolute Gasteiger partial charge is 0.321 e. The lowest BCUT2D eigenvalue weighted by Gasteiger charge is -2.21. The molecule has 5 nitrogen and oxygen atoms in total. The van der Waals surface area contributed by atoms with E-state index in [-0.39, 0.29) is 5.75 Å². The monoisotopic (exact) mass is 805 g/mol. The Bertz CT molecular complexity index is 795. The summed E-state index contributed by atoms with van der Waals surface area (Å²) in [5.41, 5.74) is 0.946. The van der Waals surface area contributed by atoms with Gasteiger partial charge in [-0.05, 0) is 141 Å². The summed E-state index contributed by atoms with van der Waals surface area (Å²) in [5, 5.41) is 19.3.